The summed E-state index contributed by atoms with van der Waals surface area (Å²) in [5.41, 5.74) is 1.29. The van der Waals surface area contributed by atoms with Crippen LogP contribution in [0, 0.1) is 11.3 Å². The molecule has 1 aromatic heterocycles. The molecule has 112 valence electrons. The summed E-state index contributed by atoms with van der Waals surface area (Å²) >= 11 is 0. The van der Waals surface area contributed by atoms with Gasteiger partial charge in [0.1, 0.15) is 29.9 Å². The molecule has 1 saturated heterocycles. The molecule has 1 aliphatic heterocycles. The summed E-state index contributed by atoms with van der Waals surface area (Å²) in [5, 5.41) is 12.0. The van der Waals surface area contributed by atoms with Gasteiger partial charge in [-0.15, -0.1) is 0 Å². The van der Waals surface area contributed by atoms with Gasteiger partial charge in [0.15, 0.2) is 0 Å². The number of anilines is 2. The Kier molecular flexibility index (Phi) is 4.52. The number of hydrogen-bond donors (Lipinski definition) is 1. The molecule has 1 N–H and O–H groups in total. The molecule has 5 heteroatoms. The number of pyridine rings is 1. The lowest BCUT2D eigenvalue weighted by Crippen LogP contribution is -2.16. The quantitative estimate of drug-likeness (QED) is 0.917. The second kappa shape index (κ2) is 6.92. The molecule has 5 nitrogen and oxygen atoms in total. The van der Waals surface area contributed by atoms with Gasteiger partial charge in [0.2, 0.25) is 0 Å². The van der Waals surface area contributed by atoms with Gasteiger partial charge in [0, 0.05) is 12.3 Å². The van der Waals surface area contributed by atoms with Gasteiger partial charge in [0.05, 0.1) is 6.10 Å². The summed E-state index contributed by atoms with van der Waals surface area (Å²) < 4.78 is 11.2. The molecule has 2 aromatic rings. The van der Waals surface area contributed by atoms with Gasteiger partial charge in [-0.2, -0.15) is 5.26 Å². The second-order valence-electron chi connectivity index (χ2n) is 5.12. The minimum atomic E-state index is 0.218. The molecule has 3 rings (SSSR count). The Morgan fingerprint density at radius 3 is 2.86 bits per heavy atom. The highest BCUT2D eigenvalue weighted by atomic mass is 16.5. The average Bonchev–Trinajstić information content (AvgIpc) is 3.08. The Labute approximate surface area is 129 Å². The number of aromatic nitrogens is 1. The van der Waals surface area contributed by atoms with Crippen LogP contribution < -0.4 is 10.1 Å². The summed E-state index contributed by atoms with van der Waals surface area (Å²) in [6, 6.07) is 15.0. The van der Waals surface area contributed by atoms with Crippen LogP contribution in [0.2, 0.25) is 0 Å². The Morgan fingerprint density at radius 2 is 2.14 bits per heavy atom. The molecule has 0 radical (unpaired) electrons. The van der Waals surface area contributed by atoms with E-state index in [0.29, 0.717) is 18.1 Å². The number of benzene rings is 1. The van der Waals surface area contributed by atoms with Crippen LogP contribution in [0.15, 0.2) is 42.5 Å². The first-order valence-electron chi connectivity index (χ1n) is 7.32. The molecule has 1 atom stereocenters. The van der Waals surface area contributed by atoms with Crippen molar-refractivity contribution in [1.82, 2.24) is 4.98 Å². The van der Waals surface area contributed by atoms with Gasteiger partial charge in [-0.3, -0.25) is 0 Å². The van der Waals surface area contributed by atoms with Crippen LogP contribution in [0.25, 0.3) is 0 Å². The normalized spacial score (nSPS) is 17.0. The fraction of sp³-hybridized carbons (Fsp3) is 0.294. The van der Waals surface area contributed by atoms with Crippen molar-refractivity contribution in [3.05, 3.63) is 48.2 Å². The zero-order chi connectivity index (χ0) is 15.2. The lowest BCUT2D eigenvalue weighted by molar-refractivity contribution is 0.0679. The first-order valence-corrected chi connectivity index (χ1v) is 7.32. The lowest BCUT2D eigenvalue weighted by Gasteiger charge is -2.12. The van der Waals surface area contributed by atoms with E-state index in [0.717, 1.165) is 30.9 Å². The maximum absolute atomic E-state index is 8.85. The number of ether oxygens (including phenoxy) is 2. The van der Waals surface area contributed by atoms with E-state index in [1.807, 2.05) is 36.4 Å². The van der Waals surface area contributed by atoms with Gasteiger partial charge in [0.25, 0.3) is 0 Å². The van der Waals surface area contributed by atoms with Gasteiger partial charge in [-0.25, -0.2) is 4.98 Å². The Hall–Kier alpha value is -2.58. The predicted molar refractivity (Wildman–Crippen MR) is 83.1 cm³/mol. The Balaban J connectivity index is 1.57. The molecular weight excluding hydrogens is 278 g/mol. The molecule has 2 heterocycles. The third-order valence-electron chi connectivity index (χ3n) is 3.45. The number of nitriles is 1. The van der Waals surface area contributed by atoms with Crippen molar-refractivity contribution < 1.29 is 9.47 Å². The predicted octanol–water partition coefficient (Wildman–Crippen LogP) is 3.25. The topological polar surface area (TPSA) is 67.2 Å². The zero-order valence-corrected chi connectivity index (χ0v) is 12.2. The van der Waals surface area contributed by atoms with E-state index in [-0.39, 0.29) is 6.10 Å². The van der Waals surface area contributed by atoms with Crippen LogP contribution in [-0.2, 0) is 4.74 Å². The number of hydrogen-bond acceptors (Lipinski definition) is 5. The maximum Gasteiger partial charge on any atom is 0.142 e. The van der Waals surface area contributed by atoms with Crippen LogP contribution >= 0.6 is 0 Å². The van der Waals surface area contributed by atoms with Crippen molar-refractivity contribution in [3.8, 4) is 11.8 Å². The molecule has 0 bridgehead atoms. The molecule has 1 fully saturated rings. The van der Waals surface area contributed by atoms with Crippen molar-refractivity contribution >= 4 is 11.5 Å². The van der Waals surface area contributed by atoms with Crippen molar-refractivity contribution in [2.45, 2.75) is 18.9 Å². The number of nitrogens with zero attached hydrogens (tertiary/aromatic N) is 2. The molecule has 1 unspecified atom stereocenters. The first-order chi connectivity index (χ1) is 10.8. The van der Waals surface area contributed by atoms with Gasteiger partial charge >= 0.3 is 0 Å². The van der Waals surface area contributed by atoms with Crippen molar-refractivity contribution in [2.24, 2.45) is 0 Å². The molecule has 1 aliphatic rings. The van der Waals surface area contributed by atoms with E-state index >= 15 is 0 Å². The summed E-state index contributed by atoms with van der Waals surface area (Å²) in [5.74, 6) is 1.46. The van der Waals surface area contributed by atoms with E-state index in [9.17, 15) is 0 Å². The van der Waals surface area contributed by atoms with Gasteiger partial charge < -0.3 is 14.8 Å². The van der Waals surface area contributed by atoms with E-state index in [4.69, 9.17) is 14.7 Å². The van der Waals surface area contributed by atoms with Crippen molar-refractivity contribution in [3.63, 3.8) is 0 Å². The smallest absolute Gasteiger partial charge is 0.142 e. The van der Waals surface area contributed by atoms with E-state index in [1.165, 1.54) is 0 Å². The van der Waals surface area contributed by atoms with Crippen LogP contribution in [0.5, 0.6) is 5.75 Å². The fourth-order valence-electron chi connectivity index (χ4n) is 2.31. The summed E-state index contributed by atoms with van der Waals surface area (Å²) in [7, 11) is 0. The zero-order valence-electron chi connectivity index (χ0n) is 12.2. The van der Waals surface area contributed by atoms with Gasteiger partial charge in [-0.05, 0) is 49.2 Å². The molecular formula is C17H17N3O2. The Bertz CT molecular complexity index is 658. The third-order valence-corrected chi connectivity index (χ3v) is 3.45. The summed E-state index contributed by atoms with van der Waals surface area (Å²) in [6.07, 6.45) is 2.40. The minimum Gasteiger partial charge on any atom is -0.491 e. The largest absolute Gasteiger partial charge is 0.491 e. The monoisotopic (exact) mass is 295 g/mol. The lowest BCUT2D eigenvalue weighted by atomic mass is 10.2. The van der Waals surface area contributed by atoms with Crippen LogP contribution in [-0.4, -0.2) is 24.3 Å². The maximum atomic E-state index is 8.85. The van der Waals surface area contributed by atoms with E-state index in [1.54, 1.807) is 12.1 Å². The van der Waals surface area contributed by atoms with Crippen molar-refractivity contribution in [1.29, 1.82) is 5.26 Å². The first kappa shape index (κ1) is 14.4. The number of rotatable bonds is 5. The molecule has 0 aliphatic carbocycles. The molecule has 22 heavy (non-hydrogen) atoms. The Morgan fingerprint density at radius 1 is 1.27 bits per heavy atom. The molecule has 0 saturated carbocycles. The molecule has 0 amide bonds. The second-order valence-corrected chi connectivity index (χ2v) is 5.12. The van der Waals surface area contributed by atoms with Crippen LogP contribution in [0.1, 0.15) is 18.5 Å². The van der Waals surface area contributed by atoms with Crippen LogP contribution in [0.3, 0.4) is 0 Å². The SMILES string of the molecule is N#Cc1cccc(Nc2ccc(OCC3CCCO3)cc2)n1. The van der Waals surface area contributed by atoms with E-state index < -0.39 is 0 Å². The highest BCUT2D eigenvalue weighted by Crippen LogP contribution is 2.20. The highest BCUT2D eigenvalue weighted by molar-refractivity contribution is 5.57. The standard InChI is InChI=1S/C17H17N3O2/c18-11-14-3-1-5-17(20-14)19-13-6-8-15(9-7-13)22-12-16-4-2-10-21-16/h1,3,5-9,16H,2,4,10,12H2,(H,19,20). The minimum absolute atomic E-state index is 0.218. The summed E-state index contributed by atoms with van der Waals surface area (Å²) in [6.45, 7) is 1.43. The fourth-order valence-corrected chi connectivity index (χ4v) is 2.31. The van der Waals surface area contributed by atoms with E-state index in [2.05, 4.69) is 10.3 Å². The average molecular weight is 295 g/mol. The summed E-state index contributed by atoms with van der Waals surface area (Å²) in [4.78, 5) is 4.18. The van der Waals surface area contributed by atoms with Gasteiger partial charge in [-0.1, -0.05) is 6.07 Å². The molecule has 0 spiro atoms. The molecule has 1 aromatic carbocycles. The number of nitrogens with one attached hydrogen (secondary N) is 1. The van der Waals surface area contributed by atoms with Crippen molar-refractivity contribution in [2.75, 3.05) is 18.5 Å². The van der Waals surface area contributed by atoms with Crippen LogP contribution in [0.4, 0.5) is 11.5 Å². The third kappa shape index (κ3) is 3.74. The highest BCUT2D eigenvalue weighted by Gasteiger charge is 2.15.